The van der Waals surface area contributed by atoms with Gasteiger partial charge in [-0.1, -0.05) is 43.6 Å². The van der Waals surface area contributed by atoms with Gasteiger partial charge in [-0.05, 0) is 52.9 Å². The lowest BCUT2D eigenvalue weighted by atomic mass is 9.75. The number of rotatable bonds is 8. The molecule has 0 unspecified atom stereocenters. The lowest BCUT2D eigenvalue weighted by Crippen LogP contribution is -2.49. The zero-order valence-corrected chi connectivity index (χ0v) is 16.3. The van der Waals surface area contributed by atoms with Crippen LogP contribution in [0.15, 0.2) is 24.3 Å². The Morgan fingerprint density at radius 2 is 1.50 bits per heavy atom. The van der Waals surface area contributed by atoms with Gasteiger partial charge in [0.05, 0.1) is 16.8 Å². The molecule has 24 heavy (non-hydrogen) atoms. The molecule has 0 aliphatic rings. The number of hydrogen-bond donors (Lipinski definition) is 2. The quantitative estimate of drug-likeness (QED) is 0.710. The molecule has 1 radical (unpaired) electrons. The number of benzene rings is 1. The van der Waals surface area contributed by atoms with E-state index in [4.69, 9.17) is 9.31 Å². The first-order valence-corrected chi connectivity index (χ1v) is 8.45. The van der Waals surface area contributed by atoms with E-state index in [0.717, 1.165) is 5.46 Å². The van der Waals surface area contributed by atoms with Crippen LogP contribution >= 0.6 is 0 Å². The zero-order valence-electron chi connectivity index (χ0n) is 16.3. The first-order chi connectivity index (χ1) is 10.8. The Balaban J connectivity index is 2.70. The molecule has 0 aliphatic carbocycles. The van der Waals surface area contributed by atoms with Gasteiger partial charge in [0, 0.05) is 0 Å². The first kappa shape index (κ1) is 21.2. The van der Waals surface area contributed by atoms with E-state index in [-0.39, 0.29) is 5.92 Å². The third-order valence-electron chi connectivity index (χ3n) is 4.99. The van der Waals surface area contributed by atoms with E-state index in [9.17, 15) is 10.1 Å². The van der Waals surface area contributed by atoms with E-state index in [2.05, 4.69) is 13.8 Å². The molecular weight excluding hydrogens is 302 g/mol. The summed E-state index contributed by atoms with van der Waals surface area (Å²) in [5.74, 6) is 0.289. The van der Waals surface area contributed by atoms with E-state index in [1.165, 1.54) is 0 Å². The van der Waals surface area contributed by atoms with E-state index in [0.29, 0.717) is 5.46 Å². The molecule has 133 valence electrons. The minimum Gasteiger partial charge on any atom is -0.427 e. The fraction of sp³-hybridized carbons (Fsp3) is 0.667. The Morgan fingerprint density at radius 3 is 1.92 bits per heavy atom. The van der Waals surface area contributed by atoms with Gasteiger partial charge in [-0.2, -0.15) is 0 Å². The Morgan fingerprint density at radius 1 is 1.00 bits per heavy atom. The largest absolute Gasteiger partial charge is 0.491 e. The van der Waals surface area contributed by atoms with Gasteiger partial charge < -0.3 is 19.4 Å². The van der Waals surface area contributed by atoms with Crippen LogP contribution in [0.2, 0.25) is 0 Å². The molecule has 4 nitrogen and oxygen atoms in total. The van der Waals surface area contributed by atoms with E-state index < -0.39 is 23.9 Å². The average Bonchev–Trinajstić information content (AvgIpc) is 2.44. The summed E-state index contributed by atoms with van der Waals surface area (Å²) < 4.78 is 11.5. The molecule has 6 heteroatoms. The van der Waals surface area contributed by atoms with Crippen LogP contribution in [-0.2, 0) is 9.31 Å². The van der Waals surface area contributed by atoms with Crippen LogP contribution in [0.5, 0.6) is 0 Å². The molecule has 1 aromatic carbocycles. The highest BCUT2D eigenvalue weighted by Gasteiger charge is 2.35. The van der Waals surface area contributed by atoms with Crippen molar-refractivity contribution >= 4 is 25.5 Å². The van der Waals surface area contributed by atoms with Crippen molar-refractivity contribution in [1.29, 1.82) is 0 Å². The van der Waals surface area contributed by atoms with Crippen LogP contribution < -0.4 is 10.9 Å². The van der Waals surface area contributed by atoms with Crippen molar-refractivity contribution in [1.82, 2.24) is 0 Å². The van der Waals surface area contributed by atoms with Crippen molar-refractivity contribution in [2.24, 2.45) is 5.92 Å². The SMILES string of the molecule is CC(C)C(C)(C)OB(O)c1ccc([B]OC(C)(C)C(C)(C)O)cc1. The van der Waals surface area contributed by atoms with Crippen LogP contribution in [0.1, 0.15) is 55.4 Å². The van der Waals surface area contributed by atoms with Gasteiger partial charge in [0.25, 0.3) is 0 Å². The maximum atomic E-state index is 10.3. The van der Waals surface area contributed by atoms with Crippen LogP contribution in [0.4, 0.5) is 0 Å². The molecule has 1 rings (SSSR count). The van der Waals surface area contributed by atoms with Crippen molar-refractivity contribution in [2.75, 3.05) is 0 Å². The predicted molar refractivity (Wildman–Crippen MR) is 101 cm³/mol. The standard InChI is InChI=1S/C18H31B2O4/c1-13(2)16(3,4)24-20(22)15-11-9-14(10-12-15)19-23-18(7,8)17(5,6)21/h9-13,21-22H,1-8H3. The van der Waals surface area contributed by atoms with Crippen LogP contribution in [0.25, 0.3) is 0 Å². The number of aliphatic hydroxyl groups is 1. The smallest absolute Gasteiger partial charge is 0.427 e. The Kier molecular flexibility index (Phi) is 6.73. The third-order valence-corrected chi connectivity index (χ3v) is 4.99. The molecular formula is C18H31B2O4. The lowest BCUT2D eigenvalue weighted by Gasteiger charge is -2.37. The van der Waals surface area contributed by atoms with Gasteiger partial charge in [0.2, 0.25) is 0 Å². The highest BCUT2D eigenvalue weighted by atomic mass is 16.5. The van der Waals surface area contributed by atoms with Crippen LogP contribution in [0, 0.1) is 5.92 Å². The third kappa shape index (κ3) is 5.62. The van der Waals surface area contributed by atoms with E-state index in [1.54, 1.807) is 21.3 Å². The first-order valence-electron chi connectivity index (χ1n) is 8.45. The minimum atomic E-state index is -0.967. The zero-order chi connectivity index (χ0) is 18.8. The molecule has 0 spiro atoms. The summed E-state index contributed by atoms with van der Waals surface area (Å²) in [6.07, 6.45) is 0. The molecule has 0 bridgehead atoms. The van der Waals surface area contributed by atoms with Gasteiger partial charge in [0.15, 0.2) is 0 Å². The second kappa shape index (κ2) is 7.61. The second-order valence-electron chi connectivity index (χ2n) is 8.20. The highest BCUT2D eigenvalue weighted by molar-refractivity contribution is 6.60. The second-order valence-corrected chi connectivity index (χ2v) is 8.20. The topological polar surface area (TPSA) is 58.9 Å². The maximum absolute atomic E-state index is 10.3. The molecule has 0 fully saturated rings. The predicted octanol–water partition coefficient (Wildman–Crippen LogP) is 1.64. The summed E-state index contributed by atoms with van der Waals surface area (Å²) >= 11 is 0. The molecule has 1 aromatic rings. The Hall–Kier alpha value is -0.810. The molecule has 0 saturated carbocycles. The van der Waals surface area contributed by atoms with Crippen molar-refractivity contribution in [3.8, 4) is 0 Å². The summed E-state index contributed by atoms with van der Waals surface area (Å²) in [5, 5.41) is 20.4. The van der Waals surface area contributed by atoms with Crippen LogP contribution in [-0.4, -0.2) is 41.5 Å². The molecule has 0 heterocycles. The lowest BCUT2D eigenvalue weighted by molar-refractivity contribution is -0.0893. The summed E-state index contributed by atoms with van der Waals surface area (Å²) in [7, 11) is 0.651. The maximum Gasteiger partial charge on any atom is 0.491 e. The van der Waals surface area contributed by atoms with Crippen molar-refractivity contribution in [3.63, 3.8) is 0 Å². The van der Waals surface area contributed by atoms with E-state index in [1.807, 2.05) is 52.0 Å². The van der Waals surface area contributed by atoms with Gasteiger partial charge in [-0.3, -0.25) is 0 Å². The molecule has 0 aliphatic heterocycles. The monoisotopic (exact) mass is 333 g/mol. The average molecular weight is 333 g/mol. The van der Waals surface area contributed by atoms with Gasteiger partial charge >= 0.3 is 14.6 Å². The van der Waals surface area contributed by atoms with Crippen LogP contribution in [0.3, 0.4) is 0 Å². The van der Waals surface area contributed by atoms with Crippen molar-refractivity contribution < 1.29 is 19.4 Å². The summed E-state index contributed by atoms with van der Waals surface area (Å²) in [6.45, 7) is 15.2. The fourth-order valence-corrected chi connectivity index (χ4v) is 1.59. The molecule has 2 N–H and O–H groups in total. The molecule has 0 amide bonds. The molecule has 0 atom stereocenters. The highest BCUT2D eigenvalue weighted by Crippen LogP contribution is 2.24. The van der Waals surface area contributed by atoms with Gasteiger partial charge in [-0.15, -0.1) is 0 Å². The summed E-state index contributed by atoms with van der Waals surface area (Å²) in [6, 6.07) is 7.33. The van der Waals surface area contributed by atoms with Crippen molar-refractivity contribution in [3.05, 3.63) is 24.3 Å². The number of hydrogen-bond acceptors (Lipinski definition) is 4. The summed E-state index contributed by atoms with van der Waals surface area (Å²) in [4.78, 5) is 0. The fourth-order valence-electron chi connectivity index (χ4n) is 1.59. The van der Waals surface area contributed by atoms with Crippen molar-refractivity contribution in [2.45, 2.75) is 72.2 Å². The van der Waals surface area contributed by atoms with Gasteiger partial charge in [0.1, 0.15) is 0 Å². The van der Waals surface area contributed by atoms with Gasteiger partial charge in [-0.25, -0.2) is 0 Å². The Bertz CT molecular complexity index is 519. The Labute approximate surface area is 148 Å². The normalized spacial score (nSPS) is 13.3. The van der Waals surface area contributed by atoms with E-state index >= 15 is 0 Å². The molecule has 0 saturated heterocycles. The minimum absolute atomic E-state index is 0.289. The summed E-state index contributed by atoms with van der Waals surface area (Å²) in [5.41, 5.74) is -0.538. The molecule has 0 aromatic heterocycles.